The number of amides is 1. The van der Waals surface area contributed by atoms with E-state index in [0.29, 0.717) is 13.0 Å². The van der Waals surface area contributed by atoms with Crippen molar-refractivity contribution in [3.8, 4) is 5.75 Å². The zero-order valence-electron chi connectivity index (χ0n) is 13.0. The van der Waals surface area contributed by atoms with Gasteiger partial charge in [-0.3, -0.25) is 9.78 Å². The number of nitrogens with one attached hydrogen (secondary N) is 3. The van der Waals surface area contributed by atoms with Crippen molar-refractivity contribution in [2.45, 2.75) is 25.4 Å². The first-order valence-corrected chi connectivity index (χ1v) is 7.71. The predicted molar refractivity (Wildman–Crippen MR) is 87.9 cm³/mol. The van der Waals surface area contributed by atoms with Gasteiger partial charge in [0.15, 0.2) is 0 Å². The molecule has 1 fully saturated rings. The molecule has 6 nitrogen and oxygen atoms in total. The van der Waals surface area contributed by atoms with Crippen molar-refractivity contribution in [2.24, 2.45) is 0 Å². The van der Waals surface area contributed by atoms with Gasteiger partial charge in [0, 0.05) is 24.1 Å². The van der Waals surface area contributed by atoms with Crippen molar-refractivity contribution in [2.75, 3.05) is 11.9 Å². The summed E-state index contributed by atoms with van der Waals surface area (Å²) in [6.45, 7) is 2.56. The second kappa shape index (κ2) is 7.21. The maximum Gasteiger partial charge on any atom is 0.242 e. The smallest absolute Gasteiger partial charge is 0.242 e. The zero-order valence-corrected chi connectivity index (χ0v) is 13.0. The van der Waals surface area contributed by atoms with Crippen molar-refractivity contribution in [3.05, 3.63) is 54.4 Å². The fourth-order valence-corrected chi connectivity index (χ4v) is 2.56. The molecular formula is C17H20N4O2. The molecule has 2 unspecified atom stereocenters. The second-order valence-electron chi connectivity index (χ2n) is 5.36. The van der Waals surface area contributed by atoms with Crippen molar-refractivity contribution < 1.29 is 9.53 Å². The van der Waals surface area contributed by atoms with E-state index in [1.165, 1.54) is 0 Å². The summed E-state index contributed by atoms with van der Waals surface area (Å²) in [4.78, 5) is 16.5. The van der Waals surface area contributed by atoms with Crippen molar-refractivity contribution in [1.82, 2.24) is 15.8 Å². The van der Waals surface area contributed by atoms with Crippen LogP contribution in [0.15, 0.2) is 48.8 Å². The van der Waals surface area contributed by atoms with Crippen LogP contribution < -0.4 is 20.9 Å². The van der Waals surface area contributed by atoms with Gasteiger partial charge in [-0.1, -0.05) is 6.07 Å². The van der Waals surface area contributed by atoms with Gasteiger partial charge < -0.3 is 10.1 Å². The third-order valence-electron chi connectivity index (χ3n) is 3.74. The Bertz CT molecular complexity index is 645. The fourth-order valence-electron chi connectivity index (χ4n) is 2.56. The number of nitrogens with zero attached hydrogens (tertiary/aromatic N) is 1. The number of anilines is 1. The second-order valence-corrected chi connectivity index (χ2v) is 5.36. The molecular weight excluding hydrogens is 292 g/mol. The Balaban J connectivity index is 1.57. The van der Waals surface area contributed by atoms with Gasteiger partial charge in [0.25, 0.3) is 0 Å². The quantitative estimate of drug-likeness (QED) is 0.787. The highest BCUT2D eigenvalue weighted by molar-refractivity contribution is 5.95. The molecule has 3 rings (SSSR count). The van der Waals surface area contributed by atoms with Crippen molar-refractivity contribution >= 4 is 11.6 Å². The molecule has 0 saturated carbocycles. The first-order valence-electron chi connectivity index (χ1n) is 7.71. The molecule has 1 aliphatic rings. The maximum atomic E-state index is 12.3. The number of hydrogen-bond acceptors (Lipinski definition) is 5. The van der Waals surface area contributed by atoms with Crippen molar-refractivity contribution in [3.63, 3.8) is 0 Å². The van der Waals surface area contributed by atoms with Crippen LogP contribution in [0.4, 0.5) is 5.69 Å². The largest absolute Gasteiger partial charge is 0.494 e. The molecule has 2 heterocycles. The van der Waals surface area contributed by atoms with E-state index in [1.54, 1.807) is 6.20 Å². The summed E-state index contributed by atoms with van der Waals surface area (Å²) < 4.78 is 5.39. The van der Waals surface area contributed by atoms with E-state index in [4.69, 9.17) is 4.74 Å². The van der Waals surface area contributed by atoms with Crippen LogP contribution >= 0.6 is 0 Å². The first kappa shape index (κ1) is 15.5. The number of pyridine rings is 1. The van der Waals surface area contributed by atoms with Crippen LogP contribution in [-0.2, 0) is 4.79 Å². The first-order chi connectivity index (χ1) is 11.3. The number of rotatable bonds is 5. The summed E-state index contributed by atoms with van der Waals surface area (Å²) in [5, 5.41) is 2.91. The van der Waals surface area contributed by atoms with Crippen LogP contribution in [0.2, 0.25) is 0 Å². The third kappa shape index (κ3) is 3.85. The van der Waals surface area contributed by atoms with Crippen LogP contribution in [0.5, 0.6) is 5.75 Å². The lowest BCUT2D eigenvalue weighted by Crippen LogP contribution is -2.39. The number of ether oxygens (including phenoxy) is 1. The Morgan fingerprint density at radius 2 is 2.13 bits per heavy atom. The Morgan fingerprint density at radius 1 is 1.30 bits per heavy atom. The molecule has 0 radical (unpaired) electrons. The van der Waals surface area contributed by atoms with E-state index in [1.807, 2.05) is 49.5 Å². The van der Waals surface area contributed by atoms with Crippen LogP contribution in [0.3, 0.4) is 0 Å². The highest BCUT2D eigenvalue weighted by Crippen LogP contribution is 2.22. The molecule has 0 aliphatic carbocycles. The molecule has 1 saturated heterocycles. The Morgan fingerprint density at radius 3 is 2.83 bits per heavy atom. The van der Waals surface area contributed by atoms with Crippen molar-refractivity contribution in [1.29, 1.82) is 0 Å². The molecule has 120 valence electrons. The summed E-state index contributed by atoms with van der Waals surface area (Å²) in [5.41, 5.74) is 8.01. The van der Waals surface area contributed by atoms with Gasteiger partial charge in [-0.25, -0.2) is 10.9 Å². The Labute approximate surface area is 135 Å². The van der Waals surface area contributed by atoms with E-state index in [9.17, 15) is 4.79 Å². The SMILES string of the molecule is CCOc1ccc(NC(=O)C2CC(c3cccnc3)NN2)cc1. The van der Waals surface area contributed by atoms with E-state index in [0.717, 1.165) is 17.0 Å². The fraction of sp³-hybridized carbons (Fsp3) is 0.294. The van der Waals surface area contributed by atoms with Gasteiger partial charge >= 0.3 is 0 Å². The van der Waals surface area contributed by atoms with Crippen LogP contribution in [0.1, 0.15) is 24.9 Å². The molecule has 2 atom stereocenters. The minimum Gasteiger partial charge on any atom is -0.494 e. The number of carbonyl (C=O) groups is 1. The van der Waals surface area contributed by atoms with E-state index >= 15 is 0 Å². The number of carbonyl (C=O) groups excluding carboxylic acids is 1. The monoisotopic (exact) mass is 312 g/mol. The molecule has 1 amide bonds. The standard InChI is InChI=1S/C17H20N4O2/c1-2-23-14-7-5-13(6-8-14)19-17(22)16-10-15(20-21-16)12-4-3-9-18-11-12/h3-9,11,15-16,20-21H,2,10H2,1H3,(H,19,22). The molecule has 0 spiro atoms. The Hall–Kier alpha value is -2.44. The van der Waals surface area contributed by atoms with Crippen LogP contribution in [0, 0.1) is 0 Å². The average Bonchev–Trinajstić information content (AvgIpc) is 3.08. The molecule has 3 N–H and O–H groups in total. The summed E-state index contributed by atoms with van der Waals surface area (Å²) in [7, 11) is 0. The molecule has 1 aromatic heterocycles. The molecule has 0 bridgehead atoms. The van der Waals surface area contributed by atoms with Gasteiger partial charge in [0.05, 0.1) is 6.61 Å². The van der Waals surface area contributed by atoms with Gasteiger partial charge in [-0.05, 0) is 49.2 Å². The number of hydrazine groups is 1. The van der Waals surface area contributed by atoms with Gasteiger partial charge in [0.1, 0.15) is 11.8 Å². The van der Waals surface area contributed by atoms with E-state index < -0.39 is 0 Å². The number of aromatic nitrogens is 1. The normalized spacial score (nSPS) is 20.2. The van der Waals surface area contributed by atoms with Crippen LogP contribution in [0.25, 0.3) is 0 Å². The highest BCUT2D eigenvalue weighted by atomic mass is 16.5. The highest BCUT2D eigenvalue weighted by Gasteiger charge is 2.30. The van der Waals surface area contributed by atoms with E-state index in [-0.39, 0.29) is 18.0 Å². The molecule has 2 aromatic rings. The van der Waals surface area contributed by atoms with Gasteiger partial charge in [-0.2, -0.15) is 0 Å². The zero-order chi connectivity index (χ0) is 16.1. The lowest BCUT2D eigenvalue weighted by molar-refractivity contribution is -0.117. The van der Waals surface area contributed by atoms with Gasteiger partial charge in [-0.15, -0.1) is 0 Å². The summed E-state index contributed by atoms with van der Waals surface area (Å²) in [6.07, 6.45) is 4.22. The number of benzene rings is 1. The maximum absolute atomic E-state index is 12.3. The predicted octanol–water partition coefficient (Wildman–Crippen LogP) is 2.03. The topological polar surface area (TPSA) is 75.3 Å². The molecule has 6 heteroatoms. The molecule has 1 aromatic carbocycles. The summed E-state index contributed by atoms with van der Waals surface area (Å²) >= 11 is 0. The minimum absolute atomic E-state index is 0.0620. The van der Waals surface area contributed by atoms with Gasteiger partial charge in [0.2, 0.25) is 5.91 Å². The van der Waals surface area contributed by atoms with Crippen LogP contribution in [-0.4, -0.2) is 23.5 Å². The lowest BCUT2D eigenvalue weighted by Gasteiger charge is -2.11. The minimum atomic E-state index is -0.285. The molecule has 1 aliphatic heterocycles. The third-order valence-corrected chi connectivity index (χ3v) is 3.74. The lowest BCUT2D eigenvalue weighted by atomic mass is 10.0. The average molecular weight is 312 g/mol. The summed E-state index contributed by atoms with van der Waals surface area (Å²) in [6, 6.07) is 11.1. The Kier molecular flexibility index (Phi) is 4.85. The number of hydrogen-bond donors (Lipinski definition) is 3. The van der Waals surface area contributed by atoms with E-state index in [2.05, 4.69) is 21.2 Å². The molecule has 23 heavy (non-hydrogen) atoms. The summed E-state index contributed by atoms with van der Waals surface area (Å²) in [5.74, 6) is 0.732.